The second kappa shape index (κ2) is 14.4. The van der Waals surface area contributed by atoms with E-state index >= 15 is 8.78 Å². The Morgan fingerprint density at radius 2 is 0.815 bits per heavy atom. The smallest absolute Gasteiger partial charge is 0.171 e. The molecular weight excluding hydrogens is 809 g/mol. The molecule has 0 unspecified atom stereocenters. The van der Waals surface area contributed by atoms with Crippen molar-refractivity contribution >= 4 is 65.6 Å². The molecule has 0 saturated heterocycles. The van der Waals surface area contributed by atoms with Gasteiger partial charge in [-0.2, -0.15) is 0 Å². The van der Waals surface area contributed by atoms with Crippen LogP contribution >= 0.6 is 0 Å². The van der Waals surface area contributed by atoms with Crippen molar-refractivity contribution in [3.8, 4) is 56.7 Å². The number of nitrogens with zero attached hydrogens (tertiary/aromatic N) is 5. The first kappa shape index (κ1) is 36.9. The average molecular weight is 842 g/mol. The van der Waals surface area contributed by atoms with E-state index in [0.717, 1.165) is 54.7 Å². The highest BCUT2D eigenvalue weighted by molar-refractivity contribution is 6.16. The Hall–Kier alpha value is -8.75. The molecule has 6 nitrogen and oxygen atoms in total. The van der Waals surface area contributed by atoms with E-state index in [1.54, 1.807) is 12.1 Å². The number of hydrogen-bond acceptors (Lipinski definition) is 4. The van der Waals surface area contributed by atoms with Crippen LogP contribution in [-0.4, -0.2) is 24.1 Å². The third-order valence-electron chi connectivity index (χ3n) is 12.5. The molecule has 13 aromatic rings. The zero-order valence-corrected chi connectivity index (χ0v) is 34.5. The summed E-state index contributed by atoms with van der Waals surface area (Å²) in [6.07, 6.45) is 0. The van der Waals surface area contributed by atoms with E-state index in [4.69, 9.17) is 19.4 Å². The molecule has 0 atom stereocenters. The van der Waals surface area contributed by atoms with E-state index in [-0.39, 0.29) is 5.58 Å². The van der Waals surface area contributed by atoms with Crippen molar-refractivity contribution in [2.45, 2.75) is 0 Å². The second-order valence-electron chi connectivity index (χ2n) is 16.2. The van der Waals surface area contributed by atoms with Crippen molar-refractivity contribution in [1.29, 1.82) is 0 Å². The Kier molecular flexibility index (Phi) is 8.17. The van der Waals surface area contributed by atoms with Crippen molar-refractivity contribution in [1.82, 2.24) is 24.1 Å². The van der Waals surface area contributed by atoms with Crippen LogP contribution in [0.2, 0.25) is 0 Å². The molecule has 0 spiro atoms. The molecule has 0 amide bonds. The minimum Gasteiger partial charge on any atom is -0.453 e. The molecule has 306 valence electrons. The number of hydrogen-bond donors (Lipinski definition) is 0. The molecule has 0 aliphatic carbocycles. The lowest BCUT2D eigenvalue weighted by atomic mass is 9.96. The summed E-state index contributed by atoms with van der Waals surface area (Å²) in [6, 6.07) is 64.3. The molecule has 0 radical (unpaired) electrons. The van der Waals surface area contributed by atoms with E-state index in [0.29, 0.717) is 61.9 Å². The van der Waals surface area contributed by atoms with Crippen LogP contribution in [0.1, 0.15) is 0 Å². The van der Waals surface area contributed by atoms with E-state index in [9.17, 15) is 0 Å². The van der Waals surface area contributed by atoms with Crippen LogP contribution in [0.15, 0.2) is 205 Å². The van der Waals surface area contributed by atoms with Gasteiger partial charge in [0.2, 0.25) is 0 Å². The Balaban J connectivity index is 1.22. The van der Waals surface area contributed by atoms with Gasteiger partial charge in [0, 0.05) is 43.9 Å². The first-order valence-corrected chi connectivity index (χ1v) is 21.4. The Morgan fingerprint density at radius 3 is 1.37 bits per heavy atom. The molecule has 13 rings (SSSR count). The largest absolute Gasteiger partial charge is 0.453 e. The Morgan fingerprint density at radius 1 is 0.385 bits per heavy atom. The van der Waals surface area contributed by atoms with Crippen molar-refractivity contribution in [3.05, 3.63) is 212 Å². The van der Waals surface area contributed by atoms with Crippen molar-refractivity contribution < 1.29 is 13.2 Å². The summed E-state index contributed by atoms with van der Waals surface area (Å²) in [6.45, 7) is 0. The quantitative estimate of drug-likeness (QED) is 0.167. The number of para-hydroxylation sites is 5. The van der Waals surface area contributed by atoms with Gasteiger partial charge in [0.25, 0.3) is 0 Å². The highest BCUT2D eigenvalue weighted by Crippen LogP contribution is 2.46. The lowest BCUT2D eigenvalue weighted by Crippen LogP contribution is -2.07. The van der Waals surface area contributed by atoms with Crippen molar-refractivity contribution in [2.24, 2.45) is 0 Å². The van der Waals surface area contributed by atoms with Crippen LogP contribution in [0.5, 0.6) is 0 Å². The highest BCUT2D eigenvalue weighted by atomic mass is 19.1. The van der Waals surface area contributed by atoms with Crippen LogP contribution in [0.4, 0.5) is 8.78 Å². The van der Waals surface area contributed by atoms with Gasteiger partial charge in [0.1, 0.15) is 11.4 Å². The predicted octanol–water partition coefficient (Wildman–Crippen LogP) is 14.9. The molecular formula is C57H33F2N5O. The Bertz CT molecular complexity index is 3930. The fraction of sp³-hybridized carbons (Fsp3) is 0. The zero-order chi connectivity index (χ0) is 43.2. The fourth-order valence-corrected chi connectivity index (χ4v) is 9.78. The summed E-state index contributed by atoms with van der Waals surface area (Å²) in [5.74, 6) is 0.0519. The molecule has 0 aliphatic heterocycles. The minimum atomic E-state index is -0.520. The normalized spacial score (nSPS) is 11.8. The summed E-state index contributed by atoms with van der Waals surface area (Å²) in [7, 11) is 0. The van der Waals surface area contributed by atoms with Crippen LogP contribution in [0, 0.1) is 11.6 Å². The molecule has 0 fully saturated rings. The predicted molar refractivity (Wildman–Crippen MR) is 257 cm³/mol. The number of rotatable bonds is 6. The summed E-state index contributed by atoms with van der Waals surface area (Å²) < 4.78 is 44.1. The molecule has 0 N–H and O–H groups in total. The van der Waals surface area contributed by atoms with E-state index in [1.165, 1.54) is 6.07 Å². The van der Waals surface area contributed by atoms with Gasteiger partial charge in [-0.25, -0.2) is 23.7 Å². The maximum atomic E-state index is 17.0. The monoisotopic (exact) mass is 841 g/mol. The molecule has 4 aromatic heterocycles. The second-order valence-corrected chi connectivity index (χ2v) is 16.2. The standard InChI is InChI=1S/C57H33F2N5O/c58-36-31-42(34-17-3-1-4-18-34)51(48(32-36)63-44-26-12-7-21-37(44)38-22-8-13-27-45(38)63)56-60-55(35-19-5-2-6-20-35)61-57(62-56)53-49(33-43(59)54-52(53)41-25-11-16-30-50(41)65-54)64-46-28-14-9-23-39(46)40-24-10-15-29-47(40)64/h1-33H. The van der Waals surface area contributed by atoms with Crippen LogP contribution in [-0.2, 0) is 0 Å². The van der Waals surface area contributed by atoms with Crippen LogP contribution < -0.4 is 0 Å². The number of halogens is 2. The molecule has 4 heterocycles. The molecule has 0 aliphatic rings. The van der Waals surface area contributed by atoms with E-state index in [1.807, 2.05) is 146 Å². The van der Waals surface area contributed by atoms with Crippen molar-refractivity contribution in [2.75, 3.05) is 0 Å². The van der Waals surface area contributed by atoms with Gasteiger partial charge in [-0.15, -0.1) is 0 Å². The Labute approximate surface area is 369 Å². The maximum Gasteiger partial charge on any atom is 0.171 e. The van der Waals surface area contributed by atoms with Gasteiger partial charge >= 0.3 is 0 Å². The lowest BCUT2D eigenvalue weighted by molar-refractivity contribution is 0.584. The fourth-order valence-electron chi connectivity index (χ4n) is 9.78. The number of aromatic nitrogens is 5. The van der Waals surface area contributed by atoms with E-state index in [2.05, 4.69) is 45.5 Å². The molecule has 8 heteroatoms. The first-order chi connectivity index (χ1) is 32.1. The molecule has 9 aromatic carbocycles. The zero-order valence-electron chi connectivity index (χ0n) is 34.5. The highest BCUT2D eigenvalue weighted by Gasteiger charge is 2.29. The third-order valence-corrected chi connectivity index (χ3v) is 12.5. The lowest BCUT2D eigenvalue weighted by Gasteiger charge is -2.20. The molecule has 65 heavy (non-hydrogen) atoms. The van der Waals surface area contributed by atoms with Gasteiger partial charge in [-0.05, 0) is 53.6 Å². The SMILES string of the molecule is Fc1cc(-c2ccccc2)c(-c2nc(-c3ccccc3)nc(-c3c(-n4c5ccccc5c5ccccc54)cc(F)c4oc5ccccc5c34)n2)c(-n2c3ccccc3c3ccccc32)c1. The van der Waals surface area contributed by atoms with Crippen molar-refractivity contribution in [3.63, 3.8) is 0 Å². The summed E-state index contributed by atoms with van der Waals surface area (Å²) >= 11 is 0. The number of fused-ring (bicyclic) bond motifs is 9. The maximum absolute atomic E-state index is 17.0. The summed E-state index contributed by atoms with van der Waals surface area (Å²) in [4.78, 5) is 16.2. The van der Waals surface area contributed by atoms with Gasteiger partial charge in [0.05, 0.1) is 44.6 Å². The van der Waals surface area contributed by atoms with Crippen LogP contribution in [0.3, 0.4) is 0 Å². The average Bonchev–Trinajstić information content (AvgIpc) is 4.03. The van der Waals surface area contributed by atoms with Gasteiger partial charge < -0.3 is 13.6 Å². The topological polar surface area (TPSA) is 61.7 Å². The van der Waals surface area contributed by atoms with Gasteiger partial charge in [-0.1, -0.05) is 152 Å². The third kappa shape index (κ3) is 5.67. The summed E-state index contributed by atoms with van der Waals surface area (Å²) in [5.41, 5.74) is 8.54. The molecule has 0 bridgehead atoms. The summed E-state index contributed by atoms with van der Waals surface area (Å²) in [5, 5.41) is 5.32. The first-order valence-electron chi connectivity index (χ1n) is 21.4. The van der Waals surface area contributed by atoms with Gasteiger partial charge in [0.15, 0.2) is 28.9 Å². The van der Waals surface area contributed by atoms with Gasteiger partial charge in [-0.3, -0.25) is 0 Å². The minimum absolute atomic E-state index is 0.0895. The number of benzene rings is 9. The molecule has 0 saturated carbocycles. The number of furan rings is 1. The van der Waals surface area contributed by atoms with E-state index < -0.39 is 11.6 Å². The van der Waals surface area contributed by atoms with Crippen LogP contribution in [0.25, 0.3) is 122 Å².